The van der Waals surface area contributed by atoms with Gasteiger partial charge in [-0.15, -0.1) is 0 Å². The van der Waals surface area contributed by atoms with Crippen LogP contribution in [-0.4, -0.2) is 62.0 Å². The summed E-state index contributed by atoms with van der Waals surface area (Å²) < 4.78 is 49.6. The highest BCUT2D eigenvalue weighted by atomic mass is 19.4. The van der Waals surface area contributed by atoms with Crippen LogP contribution in [0.25, 0.3) is 0 Å². The Morgan fingerprint density at radius 2 is 1.97 bits per heavy atom. The fourth-order valence-corrected chi connectivity index (χ4v) is 3.50. The number of carbonyl (C=O) groups excluding carboxylic acids is 1. The Kier molecular flexibility index (Phi) is 9.19. The second-order valence-corrected chi connectivity index (χ2v) is 7.08. The van der Waals surface area contributed by atoms with Gasteiger partial charge >= 0.3 is 6.18 Å². The number of benzene rings is 1. The SMILES string of the molecule is COCCOc1ccc(C(F)(F)F)cc1NC(=O)CN(CCO)C1CCCCC1. The molecule has 1 saturated carbocycles. The number of hydrogen-bond acceptors (Lipinski definition) is 5. The van der Waals surface area contributed by atoms with Crippen LogP contribution in [0.4, 0.5) is 18.9 Å². The zero-order chi connectivity index (χ0) is 21.3. The van der Waals surface area contributed by atoms with Gasteiger partial charge in [0.2, 0.25) is 5.91 Å². The van der Waals surface area contributed by atoms with E-state index in [-0.39, 0.29) is 43.8 Å². The van der Waals surface area contributed by atoms with Gasteiger partial charge in [-0.2, -0.15) is 13.2 Å². The Hall–Kier alpha value is -1.84. The van der Waals surface area contributed by atoms with E-state index in [0.717, 1.165) is 44.2 Å². The normalized spacial score (nSPS) is 15.5. The minimum atomic E-state index is -4.53. The zero-order valence-corrected chi connectivity index (χ0v) is 16.6. The van der Waals surface area contributed by atoms with Gasteiger partial charge in [0.05, 0.1) is 31.0 Å². The van der Waals surface area contributed by atoms with Crippen LogP contribution >= 0.6 is 0 Å². The summed E-state index contributed by atoms with van der Waals surface area (Å²) in [5.74, 6) is -0.297. The molecule has 2 N–H and O–H groups in total. The number of hydrogen-bond donors (Lipinski definition) is 2. The molecule has 0 aromatic heterocycles. The number of methoxy groups -OCH3 is 1. The van der Waals surface area contributed by atoms with Crippen molar-refractivity contribution in [2.75, 3.05) is 45.3 Å². The van der Waals surface area contributed by atoms with Gasteiger partial charge in [0.15, 0.2) is 0 Å². The van der Waals surface area contributed by atoms with E-state index in [1.54, 1.807) is 0 Å². The fraction of sp³-hybridized carbons (Fsp3) is 0.650. The average molecular weight is 418 g/mol. The van der Waals surface area contributed by atoms with Crippen molar-refractivity contribution in [3.63, 3.8) is 0 Å². The third-order valence-corrected chi connectivity index (χ3v) is 4.95. The van der Waals surface area contributed by atoms with Crippen molar-refractivity contribution in [2.24, 2.45) is 0 Å². The maximum atomic E-state index is 13.1. The van der Waals surface area contributed by atoms with E-state index in [1.165, 1.54) is 13.2 Å². The second-order valence-electron chi connectivity index (χ2n) is 7.08. The Morgan fingerprint density at radius 1 is 1.24 bits per heavy atom. The molecule has 1 amide bonds. The number of halogens is 3. The molecule has 6 nitrogen and oxygen atoms in total. The van der Waals surface area contributed by atoms with Crippen molar-refractivity contribution in [1.29, 1.82) is 0 Å². The third kappa shape index (κ3) is 7.49. The molecule has 164 valence electrons. The van der Waals surface area contributed by atoms with E-state index in [9.17, 15) is 23.1 Å². The predicted molar refractivity (Wildman–Crippen MR) is 103 cm³/mol. The van der Waals surface area contributed by atoms with Gasteiger partial charge in [0.1, 0.15) is 12.4 Å². The van der Waals surface area contributed by atoms with Gasteiger partial charge in [-0.1, -0.05) is 19.3 Å². The number of anilines is 1. The minimum Gasteiger partial charge on any atom is -0.489 e. The van der Waals surface area contributed by atoms with Crippen LogP contribution in [0.15, 0.2) is 18.2 Å². The van der Waals surface area contributed by atoms with Crippen molar-refractivity contribution in [3.05, 3.63) is 23.8 Å². The lowest BCUT2D eigenvalue weighted by molar-refractivity contribution is -0.137. The van der Waals surface area contributed by atoms with Crippen LogP contribution in [0.2, 0.25) is 0 Å². The Balaban J connectivity index is 2.12. The monoisotopic (exact) mass is 418 g/mol. The molecule has 1 aliphatic carbocycles. The topological polar surface area (TPSA) is 71.0 Å². The molecule has 1 fully saturated rings. The summed E-state index contributed by atoms with van der Waals surface area (Å²) in [6.07, 6.45) is 0.653. The molecular weight excluding hydrogens is 389 g/mol. The minimum absolute atomic E-state index is 0.00101. The molecule has 29 heavy (non-hydrogen) atoms. The summed E-state index contributed by atoms with van der Waals surface area (Å²) in [7, 11) is 1.49. The zero-order valence-electron chi connectivity index (χ0n) is 16.6. The third-order valence-electron chi connectivity index (χ3n) is 4.95. The number of carbonyl (C=O) groups is 1. The molecular formula is C20H29F3N2O4. The van der Waals surface area contributed by atoms with E-state index in [4.69, 9.17) is 9.47 Å². The standard InChI is InChI=1S/C20H29F3N2O4/c1-28-11-12-29-18-8-7-15(20(21,22)23)13-17(18)24-19(27)14-25(9-10-26)16-5-3-2-4-6-16/h7-8,13,16,26H,2-6,9-12,14H2,1H3,(H,24,27). The summed E-state index contributed by atoms with van der Waals surface area (Å²) >= 11 is 0. The lowest BCUT2D eigenvalue weighted by atomic mass is 9.94. The fourth-order valence-electron chi connectivity index (χ4n) is 3.50. The van der Waals surface area contributed by atoms with Crippen molar-refractivity contribution in [3.8, 4) is 5.75 Å². The molecule has 9 heteroatoms. The first-order chi connectivity index (χ1) is 13.8. The summed E-state index contributed by atoms with van der Waals surface area (Å²) in [4.78, 5) is 14.5. The van der Waals surface area contributed by atoms with Gasteiger partial charge < -0.3 is 19.9 Å². The van der Waals surface area contributed by atoms with Crippen molar-refractivity contribution < 1.29 is 32.5 Å². The van der Waals surface area contributed by atoms with Gasteiger partial charge in [-0.05, 0) is 31.0 Å². The summed E-state index contributed by atoms with van der Waals surface area (Å²) in [5.41, 5.74) is -0.903. The highest BCUT2D eigenvalue weighted by molar-refractivity contribution is 5.93. The van der Waals surface area contributed by atoms with Gasteiger partial charge in [-0.3, -0.25) is 9.69 Å². The number of nitrogens with zero attached hydrogens (tertiary/aromatic N) is 1. The van der Waals surface area contributed by atoms with E-state index in [0.29, 0.717) is 6.54 Å². The summed E-state index contributed by atoms with van der Waals surface area (Å²) in [6, 6.07) is 3.18. The number of amides is 1. The Bertz CT molecular complexity index is 649. The molecule has 2 rings (SSSR count). The lowest BCUT2D eigenvalue weighted by Gasteiger charge is -2.33. The van der Waals surface area contributed by atoms with Crippen LogP contribution in [0.1, 0.15) is 37.7 Å². The number of nitrogens with one attached hydrogen (secondary N) is 1. The van der Waals surface area contributed by atoms with E-state index >= 15 is 0 Å². The van der Waals surface area contributed by atoms with Crippen LogP contribution in [0.5, 0.6) is 5.75 Å². The Morgan fingerprint density at radius 3 is 2.59 bits per heavy atom. The van der Waals surface area contributed by atoms with E-state index in [1.807, 2.05) is 4.90 Å². The van der Waals surface area contributed by atoms with Crippen LogP contribution in [0.3, 0.4) is 0 Å². The molecule has 0 saturated heterocycles. The van der Waals surface area contributed by atoms with Crippen molar-refractivity contribution in [2.45, 2.75) is 44.3 Å². The van der Waals surface area contributed by atoms with Crippen molar-refractivity contribution in [1.82, 2.24) is 4.90 Å². The average Bonchev–Trinajstić information content (AvgIpc) is 2.69. The lowest BCUT2D eigenvalue weighted by Crippen LogP contribution is -2.43. The van der Waals surface area contributed by atoms with Gasteiger partial charge in [0, 0.05) is 19.7 Å². The van der Waals surface area contributed by atoms with E-state index < -0.39 is 17.6 Å². The number of aliphatic hydroxyl groups excluding tert-OH is 1. The maximum Gasteiger partial charge on any atom is 0.416 e. The molecule has 1 aliphatic rings. The highest BCUT2D eigenvalue weighted by Crippen LogP contribution is 2.35. The number of alkyl halides is 3. The largest absolute Gasteiger partial charge is 0.489 e. The first-order valence-corrected chi connectivity index (χ1v) is 9.83. The molecule has 0 heterocycles. The molecule has 1 aromatic carbocycles. The molecule has 0 radical (unpaired) electrons. The Labute approximate surface area is 169 Å². The molecule has 0 aliphatic heterocycles. The molecule has 1 aromatic rings. The summed E-state index contributed by atoms with van der Waals surface area (Å²) in [6.45, 7) is 0.666. The van der Waals surface area contributed by atoms with Crippen LogP contribution < -0.4 is 10.1 Å². The molecule has 0 spiro atoms. The molecule has 0 atom stereocenters. The molecule has 0 unspecified atom stereocenters. The molecule has 0 bridgehead atoms. The van der Waals surface area contributed by atoms with Crippen molar-refractivity contribution >= 4 is 11.6 Å². The number of aliphatic hydroxyl groups is 1. The quantitative estimate of drug-likeness (QED) is 0.571. The van der Waals surface area contributed by atoms with Gasteiger partial charge in [-0.25, -0.2) is 0 Å². The first-order valence-electron chi connectivity index (χ1n) is 9.83. The first kappa shape index (κ1) is 23.4. The highest BCUT2D eigenvalue weighted by Gasteiger charge is 2.31. The van der Waals surface area contributed by atoms with Crippen LogP contribution in [0, 0.1) is 0 Å². The van der Waals surface area contributed by atoms with Gasteiger partial charge in [0.25, 0.3) is 0 Å². The number of rotatable bonds is 10. The number of ether oxygens (including phenoxy) is 2. The van der Waals surface area contributed by atoms with Crippen LogP contribution in [-0.2, 0) is 15.7 Å². The predicted octanol–water partition coefficient (Wildman–Crippen LogP) is 3.30. The second kappa shape index (κ2) is 11.4. The van der Waals surface area contributed by atoms with E-state index in [2.05, 4.69) is 5.32 Å². The maximum absolute atomic E-state index is 13.1. The smallest absolute Gasteiger partial charge is 0.416 e. The summed E-state index contributed by atoms with van der Waals surface area (Å²) in [5, 5.41) is 11.9.